The van der Waals surface area contributed by atoms with Gasteiger partial charge in [-0.15, -0.1) is 11.3 Å². The quantitative estimate of drug-likeness (QED) is 0.709. The van der Waals surface area contributed by atoms with Crippen LogP contribution in [0.3, 0.4) is 0 Å². The van der Waals surface area contributed by atoms with Crippen LogP contribution in [0.25, 0.3) is 0 Å². The summed E-state index contributed by atoms with van der Waals surface area (Å²) in [4.78, 5) is 22.3. The zero-order valence-electron chi connectivity index (χ0n) is 6.66. The van der Waals surface area contributed by atoms with E-state index >= 15 is 0 Å². The Morgan fingerprint density at radius 3 is 2.83 bits per heavy atom. The molecule has 0 bridgehead atoms. The molecule has 0 saturated heterocycles. The van der Waals surface area contributed by atoms with Crippen molar-refractivity contribution in [2.24, 2.45) is 0 Å². The number of thiophene rings is 1. The number of amides is 1. The molecule has 0 aromatic carbocycles. The Labute approximate surface area is 74.4 Å². The molecule has 0 aliphatic carbocycles. The zero-order chi connectivity index (χ0) is 8.97. The third-order valence-electron chi connectivity index (χ3n) is 1.32. The standard InChI is InChI=1S/C8H9NO2S/c1-6(10)8(11)9-5-7-3-2-4-12-7/h2-4H,5H2,1H3,(H,9,11). The zero-order valence-corrected chi connectivity index (χ0v) is 7.48. The summed E-state index contributed by atoms with van der Waals surface area (Å²) < 4.78 is 0. The first-order valence-electron chi connectivity index (χ1n) is 3.51. The molecule has 64 valence electrons. The molecule has 0 atom stereocenters. The Kier molecular flexibility index (Phi) is 2.99. The van der Waals surface area contributed by atoms with E-state index in [1.807, 2.05) is 17.5 Å². The van der Waals surface area contributed by atoms with Gasteiger partial charge in [-0.3, -0.25) is 9.59 Å². The highest BCUT2D eigenvalue weighted by atomic mass is 32.1. The number of rotatable bonds is 3. The fourth-order valence-electron chi connectivity index (χ4n) is 0.705. The van der Waals surface area contributed by atoms with Gasteiger partial charge < -0.3 is 5.32 Å². The molecular formula is C8H9NO2S. The molecular weight excluding hydrogens is 174 g/mol. The number of hydrogen-bond acceptors (Lipinski definition) is 3. The van der Waals surface area contributed by atoms with Crippen molar-refractivity contribution in [3.63, 3.8) is 0 Å². The molecule has 1 aromatic heterocycles. The van der Waals surface area contributed by atoms with Crippen LogP contribution in [0.4, 0.5) is 0 Å². The minimum absolute atomic E-state index is 0.441. The van der Waals surface area contributed by atoms with Crippen molar-refractivity contribution in [2.75, 3.05) is 0 Å². The summed E-state index contributed by atoms with van der Waals surface area (Å²) in [6.07, 6.45) is 0. The average Bonchev–Trinajstić information content (AvgIpc) is 2.51. The van der Waals surface area contributed by atoms with Crippen LogP contribution in [0.5, 0.6) is 0 Å². The average molecular weight is 183 g/mol. The van der Waals surface area contributed by atoms with Crippen molar-refractivity contribution in [1.82, 2.24) is 5.32 Å². The first kappa shape index (κ1) is 8.93. The van der Waals surface area contributed by atoms with Crippen LogP contribution < -0.4 is 5.32 Å². The Bertz CT molecular complexity index is 279. The lowest BCUT2D eigenvalue weighted by atomic mass is 10.4. The second kappa shape index (κ2) is 4.01. The van der Waals surface area contributed by atoms with Gasteiger partial charge in [0.15, 0.2) is 0 Å². The Morgan fingerprint density at radius 1 is 1.58 bits per heavy atom. The molecule has 1 amide bonds. The van der Waals surface area contributed by atoms with Crippen molar-refractivity contribution in [3.8, 4) is 0 Å². The van der Waals surface area contributed by atoms with Crippen LogP contribution in [0.2, 0.25) is 0 Å². The predicted octanol–water partition coefficient (Wildman–Crippen LogP) is 0.953. The lowest BCUT2D eigenvalue weighted by Crippen LogP contribution is -2.28. The minimum atomic E-state index is -0.525. The molecule has 0 aliphatic rings. The smallest absolute Gasteiger partial charge is 0.287 e. The molecule has 3 nitrogen and oxygen atoms in total. The van der Waals surface area contributed by atoms with Gasteiger partial charge in [-0.2, -0.15) is 0 Å². The molecule has 1 rings (SSSR count). The van der Waals surface area contributed by atoms with Crippen LogP contribution in [0, 0.1) is 0 Å². The van der Waals surface area contributed by atoms with Crippen LogP contribution in [-0.4, -0.2) is 11.7 Å². The number of nitrogens with one attached hydrogen (secondary N) is 1. The predicted molar refractivity (Wildman–Crippen MR) is 46.8 cm³/mol. The van der Waals surface area contributed by atoms with E-state index in [4.69, 9.17) is 0 Å². The number of carbonyl (C=O) groups is 2. The van der Waals surface area contributed by atoms with Gasteiger partial charge in [-0.05, 0) is 11.4 Å². The summed E-state index contributed by atoms with van der Waals surface area (Å²) in [6.45, 7) is 1.69. The van der Waals surface area contributed by atoms with Gasteiger partial charge in [0.1, 0.15) is 0 Å². The maximum atomic E-state index is 10.8. The molecule has 12 heavy (non-hydrogen) atoms. The molecule has 4 heteroatoms. The summed E-state index contributed by atoms with van der Waals surface area (Å²) in [6, 6.07) is 3.81. The summed E-state index contributed by atoms with van der Waals surface area (Å²) in [5.41, 5.74) is 0. The van der Waals surface area contributed by atoms with Crippen LogP contribution in [-0.2, 0) is 16.1 Å². The summed E-state index contributed by atoms with van der Waals surface area (Å²) in [5, 5.41) is 4.43. The van der Waals surface area contributed by atoms with Crippen molar-refractivity contribution >= 4 is 23.0 Å². The molecule has 0 fully saturated rings. The SMILES string of the molecule is CC(=O)C(=O)NCc1cccs1. The molecule has 1 N–H and O–H groups in total. The summed E-state index contributed by atoms with van der Waals surface area (Å²) in [5.74, 6) is -0.977. The highest BCUT2D eigenvalue weighted by Gasteiger charge is 2.05. The van der Waals surface area contributed by atoms with Gasteiger partial charge in [0.2, 0.25) is 5.78 Å². The third-order valence-corrected chi connectivity index (χ3v) is 2.20. The fraction of sp³-hybridized carbons (Fsp3) is 0.250. The van der Waals surface area contributed by atoms with Gasteiger partial charge >= 0.3 is 0 Å². The first-order chi connectivity index (χ1) is 5.70. The maximum Gasteiger partial charge on any atom is 0.287 e. The van der Waals surface area contributed by atoms with Gasteiger partial charge in [0.25, 0.3) is 5.91 Å². The van der Waals surface area contributed by atoms with Crippen LogP contribution >= 0.6 is 11.3 Å². The van der Waals surface area contributed by atoms with E-state index in [0.29, 0.717) is 6.54 Å². The van der Waals surface area contributed by atoms with Crippen molar-refractivity contribution < 1.29 is 9.59 Å². The monoisotopic (exact) mass is 183 g/mol. The highest BCUT2D eigenvalue weighted by Crippen LogP contribution is 2.06. The molecule has 0 aliphatic heterocycles. The number of Topliss-reactive ketones (excluding diaryl/α,β-unsaturated/α-hetero) is 1. The van der Waals surface area contributed by atoms with Crippen molar-refractivity contribution in [2.45, 2.75) is 13.5 Å². The number of carbonyl (C=O) groups excluding carboxylic acids is 2. The van der Waals surface area contributed by atoms with Crippen LogP contribution in [0.15, 0.2) is 17.5 Å². The fourth-order valence-corrected chi connectivity index (χ4v) is 1.35. The van der Waals surface area contributed by atoms with Gasteiger partial charge in [0.05, 0.1) is 6.54 Å². The lowest BCUT2D eigenvalue weighted by Gasteiger charge is -1.98. The van der Waals surface area contributed by atoms with Gasteiger partial charge in [-0.25, -0.2) is 0 Å². The molecule has 1 heterocycles. The molecule has 1 aromatic rings. The number of hydrogen-bond donors (Lipinski definition) is 1. The molecule has 0 unspecified atom stereocenters. The minimum Gasteiger partial charge on any atom is -0.345 e. The van der Waals surface area contributed by atoms with E-state index in [0.717, 1.165) is 4.88 Å². The highest BCUT2D eigenvalue weighted by molar-refractivity contribution is 7.09. The second-order valence-electron chi connectivity index (χ2n) is 2.32. The Balaban J connectivity index is 2.37. The van der Waals surface area contributed by atoms with Gasteiger partial charge in [0, 0.05) is 11.8 Å². The van der Waals surface area contributed by atoms with Crippen molar-refractivity contribution in [1.29, 1.82) is 0 Å². The lowest BCUT2D eigenvalue weighted by molar-refractivity contribution is -0.136. The molecule has 0 radical (unpaired) electrons. The van der Waals surface area contributed by atoms with E-state index in [-0.39, 0.29) is 0 Å². The van der Waals surface area contributed by atoms with E-state index in [9.17, 15) is 9.59 Å². The van der Waals surface area contributed by atoms with E-state index < -0.39 is 11.7 Å². The normalized spacial score (nSPS) is 9.42. The Morgan fingerprint density at radius 2 is 2.33 bits per heavy atom. The number of ketones is 1. The largest absolute Gasteiger partial charge is 0.345 e. The molecule has 0 saturated carbocycles. The second-order valence-corrected chi connectivity index (χ2v) is 3.35. The topological polar surface area (TPSA) is 46.2 Å². The summed E-state index contributed by atoms with van der Waals surface area (Å²) in [7, 11) is 0. The maximum absolute atomic E-state index is 10.8. The van der Waals surface area contributed by atoms with E-state index in [1.165, 1.54) is 6.92 Å². The third kappa shape index (κ3) is 2.47. The molecule has 0 spiro atoms. The first-order valence-corrected chi connectivity index (χ1v) is 4.39. The summed E-state index contributed by atoms with van der Waals surface area (Å²) >= 11 is 1.55. The van der Waals surface area contributed by atoms with E-state index in [1.54, 1.807) is 11.3 Å². The van der Waals surface area contributed by atoms with Crippen molar-refractivity contribution in [3.05, 3.63) is 22.4 Å². The van der Waals surface area contributed by atoms with Gasteiger partial charge in [-0.1, -0.05) is 6.07 Å². The van der Waals surface area contributed by atoms with Crippen LogP contribution in [0.1, 0.15) is 11.8 Å². The Hall–Kier alpha value is -1.16. The van der Waals surface area contributed by atoms with E-state index in [2.05, 4.69) is 5.32 Å².